The predicted molar refractivity (Wildman–Crippen MR) is 57.9 cm³/mol. The molecule has 0 aliphatic carbocycles. The number of rotatable bonds is 3. The Kier molecular flexibility index (Phi) is 4.10. The van der Waals surface area contributed by atoms with E-state index in [1.165, 1.54) is 11.2 Å². The normalized spacial score (nSPS) is 20.1. The Morgan fingerprint density at radius 2 is 1.93 bits per heavy atom. The molecular formula is C9H18N2O3S. The molecule has 1 rings (SSSR count). The van der Waals surface area contributed by atoms with E-state index in [0.717, 1.165) is 0 Å². The van der Waals surface area contributed by atoms with Crippen LogP contribution in [0.25, 0.3) is 0 Å². The Balaban J connectivity index is 2.46. The zero-order valence-electron chi connectivity index (χ0n) is 9.19. The molecular weight excluding hydrogens is 216 g/mol. The summed E-state index contributed by atoms with van der Waals surface area (Å²) >= 11 is 0. The van der Waals surface area contributed by atoms with Crippen molar-refractivity contribution in [1.82, 2.24) is 9.62 Å². The quantitative estimate of drug-likeness (QED) is 0.743. The second kappa shape index (κ2) is 4.94. The lowest BCUT2D eigenvalue weighted by Crippen LogP contribution is -2.46. The Hall–Kier alpha value is -0.620. The monoisotopic (exact) mass is 234 g/mol. The maximum Gasteiger partial charge on any atom is 0.217 e. The van der Waals surface area contributed by atoms with Crippen LogP contribution in [0.4, 0.5) is 0 Å². The second-order valence-electron chi connectivity index (χ2n) is 3.77. The fourth-order valence-electron chi connectivity index (χ4n) is 1.75. The molecule has 0 unspecified atom stereocenters. The summed E-state index contributed by atoms with van der Waals surface area (Å²) in [5, 5.41) is 2.81. The first-order valence-electron chi connectivity index (χ1n) is 5.20. The Bertz CT molecular complexity index is 318. The van der Waals surface area contributed by atoms with Gasteiger partial charge in [0, 0.05) is 26.1 Å². The number of hydrogen-bond acceptors (Lipinski definition) is 3. The van der Waals surface area contributed by atoms with E-state index in [2.05, 4.69) is 5.32 Å². The van der Waals surface area contributed by atoms with E-state index in [0.29, 0.717) is 25.9 Å². The number of nitrogens with one attached hydrogen (secondary N) is 1. The first-order valence-corrected chi connectivity index (χ1v) is 6.81. The van der Waals surface area contributed by atoms with Gasteiger partial charge in [-0.25, -0.2) is 12.7 Å². The summed E-state index contributed by atoms with van der Waals surface area (Å²) in [6.45, 7) is 4.16. The summed E-state index contributed by atoms with van der Waals surface area (Å²) in [7, 11) is -3.05. The van der Waals surface area contributed by atoms with Crippen molar-refractivity contribution in [1.29, 1.82) is 0 Å². The maximum atomic E-state index is 11.5. The minimum atomic E-state index is -3.05. The van der Waals surface area contributed by atoms with Crippen LogP contribution >= 0.6 is 0 Å². The highest BCUT2D eigenvalue weighted by atomic mass is 32.2. The molecule has 0 aromatic heterocycles. The molecule has 1 aliphatic heterocycles. The summed E-state index contributed by atoms with van der Waals surface area (Å²) < 4.78 is 24.5. The van der Waals surface area contributed by atoms with Gasteiger partial charge in [0.25, 0.3) is 0 Å². The number of sulfonamides is 1. The minimum Gasteiger partial charge on any atom is -0.354 e. The van der Waals surface area contributed by atoms with E-state index < -0.39 is 10.0 Å². The van der Waals surface area contributed by atoms with Gasteiger partial charge in [0.05, 0.1) is 5.75 Å². The molecule has 1 heterocycles. The summed E-state index contributed by atoms with van der Waals surface area (Å²) in [6, 6.07) is 0.130. The van der Waals surface area contributed by atoms with Crippen molar-refractivity contribution in [2.75, 3.05) is 18.8 Å². The van der Waals surface area contributed by atoms with Gasteiger partial charge in [-0.2, -0.15) is 0 Å². The predicted octanol–water partition coefficient (Wildman–Crippen LogP) is -0.0634. The summed E-state index contributed by atoms with van der Waals surface area (Å²) in [5.41, 5.74) is 0. The Labute approximate surface area is 90.9 Å². The number of hydrogen-bond donors (Lipinski definition) is 1. The molecule has 6 heteroatoms. The molecule has 0 saturated carbocycles. The smallest absolute Gasteiger partial charge is 0.217 e. The van der Waals surface area contributed by atoms with Crippen molar-refractivity contribution in [2.24, 2.45) is 0 Å². The number of piperidine rings is 1. The van der Waals surface area contributed by atoms with Crippen LogP contribution < -0.4 is 5.32 Å². The average molecular weight is 234 g/mol. The average Bonchev–Trinajstić information content (AvgIpc) is 2.18. The van der Waals surface area contributed by atoms with Crippen LogP contribution in [0.3, 0.4) is 0 Å². The third-order valence-electron chi connectivity index (χ3n) is 2.62. The van der Waals surface area contributed by atoms with Gasteiger partial charge in [0.15, 0.2) is 0 Å². The third-order valence-corrected chi connectivity index (χ3v) is 4.50. The van der Waals surface area contributed by atoms with Gasteiger partial charge in [0.2, 0.25) is 15.9 Å². The molecule has 0 bridgehead atoms. The summed E-state index contributed by atoms with van der Waals surface area (Å²) in [6.07, 6.45) is 1.41. The fraction of sp³-hybridized carbons (Fsp3) is 0.889. The van der Waals surface area contributed by atoms with Gasteiger partial charge < -0.3 is 5.32 Å². The molecule has 1 saturated heterocycles. The van der Waals surface area contributed by atoms with Crippen LogP contribution in [-0.2, 0) is 14.8 Å². The first-order chi connectivity index (χ1) is 6.95. The molecule has 0 radical (unpaired) electrons. The Morgan fingerprint density at radius 1 is 1.40 bits per heavy atom. The highest BCUT2D eigenvalue weighted by Gasteiger charge is 2.26. The van der Waals surface area contributed by atoms with E-state index >= 15 is 0 Å². The number of nitrogens with zero attached hydrogens (tertiary/aromatic N) is 1. The molecule has 15 heavy (non-hydrogen) atoms. The zero-order valence-corrected chi connectivity index (χ0v) is 10.0. The summed E-state index contributed by atoms with van der Waals surface area (Å²) in [4.78, 5) is 10.8. The molecule has 0 aromatic carbocycles. The van der Waals surface area contributed by atoms with Crippen LogP contribution in [-0.4, -0.2) is 43.5 Å². The molecule has 0 atom stereocenters. The van der Waals surface area contributed by atoms with Crippen LogP contribution in [0.1, 0.15) is 26.7 Å². The highest BCUT2D eigenvalue weighted by Crippen LogP contribution is 2.14. The van der Waals surface area contributed by atoms with Gasteiger partial charge >= 0.3 is 0 Å². The molecule has 1 aliphatic rings. The Morgan fingerprint density at radius 3 is 2.33 bits per heavy atom. The van der Waals surface area contributed by atoms with Crippen LogP contribution in [0.2, 0.25) is 0 Å². The molecule has 88 valence electrons. The maximum absolute atomic E-state index is 11.5. The molecule has 1 N–H and O–H groups in total. The van der Waals surface area contributed by atoms with Crippen LogP contribution in [0.15, 0.2) is 0 Å². The van der Waals surface area contributed by atoms with Gasteiger partial charge in [-0.05, 0) is 19.8 Å². The van der Waals surface area contributed by atoms with E-state index in [1.807, 2.05) is 0 Å². The lowest BCUT2D eigenvalue weighted by atomic mass is 10.1. The van der Waals surface area contributed by atoms with Crippen molar-refractivity contribution in [3.05, 3.63) is 0 Å². The second-order valence-corrected chi connectivity index (χ2v) is 6.03. The number of amides is 1. The van der Waals surface area contributed by atoms with Gasteiger partial charge in [-0.3, -0.25) is 4.79 Å². The van der Waals surface area contributed by atoms with Crippen LogP contribution in [0.5, 0.6) is 0 Å². The standard InChI is InChI=1S/C9H18N2O3S/c1-3-15(13,14)11-6-4-9(5-7-11)10-8(2)12/h9H,3-7H2,1-2H3,(H,10,12). The summed E-state index contributed by atoms with van der Waals surface area (Å²) in [5.74, 6) is 0.101. The highest BCUT2D eigenvalue weighted by molar-refractivity contribution is 7.89. The topological polar surface area (TPSA) is 66.5 Å². The number of carbonyl (C=O) groups is 1. The molecule has 5 nitrogen and oxygen atoms in total. The molecule has 1 amide bonds. The minimum absolute atomic E-state index is 0.0493. The van der Waals surface area contributed by atoms with Crippen molar-refractivity contribution >= 4 is 15.9 Å². The van der Waals surface area contributed by atoms with Crippen molar-refractivity contribution in [2.45, 2.75) is 32.7 Å². The van der Waals surface area contributed by atoms with E-state index in [1.54, 1.807) is 6.92 Å². The first kappa shape index (κ1) is 12.4. The van der Waals surface area contributed by atoms with E-state index in [-0.39, 0.29) is 17.7 Å². The van der Waals surface area contributed by atoms with Crippen LogP contribution in [0, 0.1) is 0 Å². The largest absolute Gasteiger partial charge is 0.354 e. The van der Waals surface area contributed by atoms with E-state index in [9.17, 15) is 13.2 Å². The van der Waals surface area contributed by atoms with Gasteiger partial charge in [0.1, 0.15) is 0 Å². The fourth-order valence-corrected chi connectivity index (χ4v) is 2.88. The van der Waals surface area contributed by atoms with Gasteiger partial charge in [-0.1, -0.05) is 0 Å². The number of carbonyl (C=O) groups excluding carboxylic acids is 1. The van der Waals surface area contributed by atoms with Crippen molar-refractivity contribution < 1.29 is 13.2 Å². The van der Waals surface area contributed by atoms with E-state index in [4.69, 9.17) is 0 Å². The van der Waals surface area contributed by atoms with Crippen molar-refractivity contribution in [3.8, 4) is 0 Å². The molecule has 0 aromatic rings. The lowest BCUT2D eigenvalue weighted by Gasteiger charge is -2.31. The third kappa shape index (κ3) is 3.46. The SMILES string of the molecule is CCS(=O)(=O)N1CCC(NC(C)=O)CC1. The lowest BCUT2D eigenvalue weighted by molar-refractivity contribution is -0.119. The van der Waals surface area contributed by atoms with Crippen molar-refractivity contribution in [3.63, 3.8) is 0 Å². The molecule has 1 fully saturated rings. The zero-order chi connectivity index (χ0) is 11.5. The molecule has 0 spiro atoms. The van der Waals surface area contributed by atoms with Gasteiger partial charge in [-0.15, -0.1) is 0 Å².